The lowest BCUT2D eigenvalue weighted by Gasteiger charge is -2.37. The topological polar surface area (TPSA) is 78.9 Å². The monoisotopic (exact) mass is 650 g/mol. The number of likely N-dealkylation sites (N-methyl/N-ethyl adjacent to an activating group) is 2. The Morgan fingerprint density at radius 3 is 2.06 bits per heavy atom. The van der Waals surface area contributed by atoms with Crippen molar-refractivity contribution in [3.8, 4) is 46.0 Å². The summed E-state index contributed by atoms with van der Waals surface area (Å²) in [5.41, 5.74) is 6.84. The van der Waals surface area contributed by atoms with Gasteiger partial charge in [-0.2, -0.15) is 0 Å². The summed E-state index contributed by atoms with van der Waals surface area (Å²) in [4.78, 5) is 16.8. The first-order chi connectivity index (χ1) is 23.3. The zero-order chi connectivity index (χ0) is 33.5. The third-order valence-corrected chi connectivity index (χ3v) is 9.88. The highest BCUT2D eigenvalue weighted by molar-refractivity contribution is 5.70. The fourth-order valence-corrected chi connectivity index (χ4v) is 7.35. The van der Waals surface area contributed by atoms with Crippen molar-refractivity contribution < 1.29 is 33.2 Å². The van der Waals surface area contributed by atoms with E-state index in [-0.39, 0.29) is 12.1 Å². The van der Waals surface area contributed by atoms with Crippen molar-refractivity contribution >= 4 is 5.97 Å². The SMILES string of the molecule is COc1cc2c3cc1Oc1c(OC)c(OC)cc4c1[C@@H](Cc1ccc(OC(C)=O)c(c1)Oc1ccc(cc1)C[C@@H]3N(C)CC2)N(C)CC4. The van der Waals surface area contributed by atoms with Gasteiger partial charge < -0.3 is 28.4 Å². The number of nitrogens with zero attached hydrogens (tertiary/aromatic N) is 2. The van der Waals surface area contributed by atoms with Crippen molar-refractivity contribution in [2.75, 3.05) is 48.5 Å². The fourth-order valence-electron chi connectivity index (χ4n) is 7.35. The summed E-state index contributed by atoms with van der Waals surface area (Å²) in [6, 6.07) is 20.3. The molecule has 0 amide bonds. The molecule has 0 aliphatic carbocycles. The molecule has 0 saturated carbocycles. The van der Waals surface area contributed by atoms with Gasteiger partial charge in [-0.15, -0.1) is 0 Å². The van der Waals surface area contributed by atoms with Crippen molar-refractivity contribution in [2.45, 2.75) is 44.7 Å². The summed E-state index contributed by atoms with van der Waals surface area (Å²) in [6.45, 7) is 3.18. The van der Waals surface area contributed by atoms with Crippen molar-refractivity contribution in [1.29, 1.82) is 0 Å². The molecule has 0 aromatic heterocycles. The summed E-state index contributed by atoms with van der Waals surface area (Å²) in [7, 11) is 9.30. The molecular formula is C39H42N2O7. The average molecular weight is 651 g/mol. The van der Waals surface area contributed by atoms with Gasteiger partial charge in [0.25, 0.3) is 0 Å². The van der Waals surface area contributed by atoms with Crippen LogP contribution in [0.25, 0.3) is 0 Å². The Morgan fingerprint density at radius 1 is 0.708 bits per heavy atom. The number of rotatable bonds is 4. The molecule has 4 aliphatic rings. The fraction of sp³-hybridized carbons (Fsp3) is 0.359. The molecular weight excluding hydrogens is 608 g/mol. The highest BCUT2D eigenvalue weighted by Crippen LogP contribution is 2.52. The number of benzene rings is 4. The van der Waals surface area contributed by atoms with Crippen LogP contribution in [0.4, 0.5) is 0 Å². The lowest BCUT2D eigenvalue weighted by atomic mass is 9.87. The van der Waals surface area contributed by atoms with Crippen LogP contribution in [0.2, 0.25) is 0 Å². The highest BCUT2D eigenvalue weighted by Gasteiger charge is 2.34. The second kappa shape index (κ2) is 13.1. The minimum absolute atomic E-state index is 0.0725. The van der Waals surface area contributed by atoms with Gasteiger partial charge in [-0.3, -0.25) is 14.6 Å². The maximum absolute atomic E-state index is 12.0. The van der Waals surface area contributed by atoms with Gasteiger partial charge in [-0.25, -0.2) is 0 Å². The van der Waals surface area contributed by atoms with E-state index in [1.165, 1.54) is 23.6 Å². The van der Waals surface area contributed by atoms with Gasteiger partial charge in [0.05, 0.1) is 21.3 Å². The number of hydrogen-bond donors (Lipinski definition) is 0. The van der Waals surface area contributed by atoms with Crippen LogP contribution in [0, 0.1) is 0 Å². The van der Waals surface area contributed by atoms with Crippen LogP contribution >= 0.6 is 0 Å². The van der Waals surface area contributed by atoms with Gasteiger partial charge >= 0.3 is 5.97 Å². The number of carbonyl (C=O) groups is 1. The van der Waals surface area contributed by atoms with Crippen molar-refractivity contribution in [3.05, 3.63) is 94.0 Å². The third-order valence-electron chi connectivity index (χ3n) is 9.88. The molecule has 4 aromatic rings. The minimum atomic E-state index is -0.407. The van der Waals surface area contributed by atoms with E-state index in [2.05, 4.69) is 54.2 Å². The van der Waals surface area contributed by atoms with E-state index in [0.717, 1.165) is 49.0 Å². The normalized spacial score (nSPS) is 18.8. The zero-order valence-corrected chi connectivity index (χ0v) is 28.4. The van der Waals surface area contributed by atoms with Crippen molar-refractivity contribution in [1.82, 2.24) is 9.80 Å². The van der Waals surface area contributed by atoms with E-state index >= 15 is 0 Å². The molecule has 0 spiro atoms. The standard InChI is InChI=1S/C39H42N2O7/c1-23(42)46-32-12-9-25-18-31-37-27(14-16-41(31)3)21-36(44-5)38(45-6)39(37)48-35-22-29-26(20-33(35)43-4)13-15-40(2)30(29)17-24-7-10-28(11-8-24)47-34(32)19-25/h7-12,19-22,30-31H,13-18H2,1-6H3/t30-,31+/m0/s1. The Kier molecular flexibility index (Phi) is 8.66. The molecule has 6 bridgehead atoms. The molecule has 4 aromatic carbocycles. The second-order valence-electron chi connectivity index (χ2n) is 12.8. The van der Waals surface area contributed by atoms with E-state index < -0.39 is 5.97 Å². The summed E-state index contributed by atoms with van der Waals surface area (Å²) in [6.07, 6.45) is 3.18. The van der Waals surface area contributed by atoms with Gasteiger partial charge in [0, 0.05) is 37.7 Å². The molecule has 0 radical (unpaired) electrons. The molecule has 4 heterocycles. The predicted octanol–water partition coefficient (Wildman–Crippen LogP) is 7.08. The Labute approximate surface area is 281 Å². The Balaban J connectivity index is 1.46. The number of ether oxygens (including phenoxy) is 6. The van der Waals surface area contributed by atoms with Gasteiger partial charge in [0.2, 0.25) is 5.75 Å². The van der Waals surface area contributed by atoms with Crippen LogP contribution < -0.4 is 28.4 Å². The molecule has 2 atom stereocenters. The molecule has 0 unspecified atom stereocenters. The highest BCUT2D eigenvalue weighted by atomic mass is 16.6. The molecule has 4 aliphatic heterocycles. The molecule has 48 heavy (non-hydrogen) atoms. The van der Waals surface area contributed by atoms with Crippen LogP contribution in [-0.4, -0.2) is 64.3 Å². The zero-order valence-electron chi connectivity index (χ0n) is 28.4. The minimum Gasteiger partial charge on any atom is -0.493 e. The molecule has 250 valence electrons. The lowest BCUT2D eigenvalue weighted by Crippen LogP contribution is -2.34. The van der Waals surface area contributed by atoms with Crippen LogP contribution in [0.3, 0.4) is 0 Å². The van der Waals surface area contributed by atoms with Gasteiger partial charge in [-0.1, -0.05) is 18.2 Å². The number of hydrogen-bond acceptors (Lipinski definition) is 9. The molecule has 9 heteroatoms. The first-order valence-corrected chi connectivity index (χ1v) is 16.4. The first-order valence-electron chi connectivity index (χ1n) is 16.4. The summed E-state index contributed by atoms with van der Waals surface area (Å²) in [5, 5.41) is 0. The van der Waals surface area contributed by atoms with Crippen LogP contribution in [-0.2, 0) is 30.5 Å². The van der Waals surface area contributed by atoms with E-state index in [0.29, 0.717) is 52.4 Å². The Morgan fingerprint density at radius 2 is 1.35 bits per heavy atom. The Bertz CT molecular complexity index is 1850. The smallest absolute Gasteiger partial charge is 0.308 e. The quantitative estimate of drug-likeness (QED) is 0.170. The first kappa shape index (κ1) is 31.8. The molecule has 9 nitrogen and oxygen atoms in total. The van der Waals surface area contributed by atoms with Crippen LogP contribution in [0.1, 0.15) is 52.4 Å². The van der Waals surface area contributed by atoms with E-state index in [4.69, 9.17) is 28.4 Å². The van der Waals surface area contributed by atoms with Crippen molar-refractivity contribution in [2.24, 2.45) is 0 Å². The van der Waals surface area contributed by atoms with Gasteiger partial charge in [0.1, 0.15) is 5.75 Å². The predicted molar refractivity (Wildman–Crippen MR) is 182 cm³/mol. The largest absolute Gasteiger partial charge is 0.493 e. The summed E-state index contributed by atoms with van der Waals surface area (Å²) < 4.78 is 36.9. The Hall–Kier alpha value is -4.73. The van der Waals surface area contributed by atoms with Crippen LogP contribution in [0.5, 0.6) is 46.0 Å². The number of esters is 1. The van der Waals surface area contributed by atoms with Gasteiger partial charge in [0.15, 0.2) is 34.5 Å². The van der Waals surface area contributed by atoms with Gasteiger partial charge in [-0.05, 0) is 110 Å². The number of methoxy groups -OCH3 is 3. The molecule has 0 saturated heterocycles. The molecule has 0 fully saturated rings. The van der Waals surface area contributed by atoms with E-state index in [9.17, 15) is 4.79 Å². The summed E-state index contributed by atoms with van der Waals surface area (Å²) >= 11 is 0. The van der Waals surface area contributed by atoms with E-state index in [1.807, 2.05) is 24.3 Å². The second-order valence-corrected chi connectivity index (χ2v) is 12.8. The van der Waals surface area contributed by atoms with E-state index in [1.54, 1.807) is 27.4 Å². The maximum Gasteiger partial charge on any atom is 0.308 e. The number of fused-ring (bicyclic) bond motifs is 2. The third kappa shape index (κ3) is 5.93. The number of carbonyl (C=O) groups excluding carboxylic acids is 1. The molecule has 8 rings (SSSR count). The average Bonchev–Trinajstić information content (AvgIpc) is 3.08. The maximum atomic E-state index is 12.0. The summed E-state index contributed by atoms with van der Waals surface area (Å²) in [5.74, 6) is 4.21. The molecule has 0 N–H and O–H groups in total. The lowest BCUT2D eigenvalue weighted by molar-refractivity contribution is -0.132. The van der Waals surface area contributed by atoms with Crippen molar-refractivity contribution in [3.63, 3.8) is 0 Å². The van der Waals surface area contributed by atoms with Crippen LogP contribution in [0.15, 0.2) is 60.7 Å².